The van der Waals surface area contributed by atoms with Crippen molar-refractivity contribution in [1.82, 2.24) is 0 Å². The Balaban J connectivity index is 1.94. The van der Waals surface area contributed by atoms with Crippen molar-refractivity contribution in [3.8, 4) is 5.75 Å². The fraction of sp³-hybridized carbons (Fsp3) is 0.133. The lowest BCUT2D eigenvalue weighted by molar-refractivity contribution is -0.120. The van der Waals surface area contributed by atoms with Crippen LogP contribution in [0.2, 0.25) is 0 Å². The summed E-state index contributed by atoms with van der Waals surface area (Å²) in [5, 5.41) is 0. The molecule has 4 nitrogen and oxygen atoms in total. The van der Waals surface area contributed by atoms with Gasteiger partial charge in [0.15, 0.2) is 6.61 Å². The van der Waals surface area contributed by atoms with Crippen LogP contribution in [0.5, 0.6) is 5.75 Å². The Hall–Kier alpha value is -2.49. The highest BCUT2D eigenvalue weighted by atomic mass is 16.5. The van der Waals surface area contributed by atoms with Crippen LogP contribution in [0.15, 0.2) is 54.6 Å². The van der Waals surface area contributed by atoms with Gasteiger partial charge in [-0.2, -0.15) is 0 Å². The van der Waals surface area contributed by atoms with E-state index >= 15 is 0 Å². The number of carbonyl (C=O) groups is 1. The number of nitrogens with two attached hydrogens (primary N) is 1. The molecule has 19 heavy (non-hydrogen) atoms. The predicted octanol–water partition coefficient (Wildman–Crippen LogP) is 2.31. The third-order valence-corrected chi connectivity index (χ3v) is 2.76. The molecule has 1 amide bonds. The molecular weight excluding hydrogens is 240 g/mol. The van der Waals surface area contributed by atoms with Crippen molar-refractivity contribution in [2.24, 2.45) is 0 Å². The molecule has 98 valence electrons. The van der Waals surface area contributed by atoms with Gasteiger partial charge >= 0.3 is 0 Å². The number of hydrogen-bond donors (Lipinski definition) is 1. The van der Waals surface area contributed by atoms with E-state index in [9.17, 15) is 4.79 Å². The normalized spacial score (nSPS) is 9.95. The van der Waals surface area contributed by atoms with Gasteiger partial charge in [-0.25, -0.2) is 0 Å². The lowest BCUT2D eigenvalue weighted by Gasteiger charge is -2.17. The van der Waals surface area contributed by atoms with Crippen LogP contribution in [-0.4, -0.2) is 19.6 Å². The number of anilines is 2. The smallest absolute Gasteiger partial charge is 0.264 e. The molecule has 0 aromatic heterocycles. The molecule has 2 rings (SSSR count). The van der Waals surface area contributed by atoms with E-state index in [1.807, 2.05) is 30.3 Å². The Bertz CT molecular complexity index is 538. The summed E-state index contributed by atoms with van der Waals surface area (Å²) in [6.45, 7) is 0.00485. The van der Waals surface area contributed by atoms with Gasteiger partial charge in [-0.1, -0.05) is 18.2 Å². The molecule has 2 aromatic carbocycles. The van der Waals surface area contributed by atoms with Crippen molar-refractivity contribution in [2.75, 3.05) is 24.3 Å². The van der Waals surface area contributed by atoms with Crippen LogP contribution in [0.4, 0.5) is 11.4 Å². The second-order valence-electron chi connectivity index (χ2n) is 4.15. The molecular formula is C15H16N2O2. The largest absolute Gasteiger partial charge is 0.484 e. The number of nitrogens with zero attached hydrogens (tertiary/aromatic N) is 1. The van der Waals surface area contributed by atoms with Gasteiger partial charge in [0.05, 0.1) is 0 Å². The minimum Gasteiger partial charge on any atom is -0.484 e. The van der Waals surface area contributed by atoms with Crippen molar-refractivity contribution in [1.29, 1.82) is 0 Å². The number of likely N-dealkylation sites (N-methyl/N-ethyl adjacent to an activating group) is 1. The number of benzene rings is 2. The van der Waals surface area contributed by atoms with Crippen molar-refractivity contribution >= 4 is 17.3 Å². The molecule has 4 heteroatoms. The summed E-state index contributed by atoms with van der Waals surface area (Å²) in [5.74, 6) is 0.565. The van der Waals surface area contributed by atoms with E-state index in [2.05, 4.69) is 0 Å². The maximum Gasteiger partial charge on any atom is 0.264 e. The topological polar surface area (TPSA) is 55.6 Å². The first kappa shape index (κ1) is 13.0. The average molecular weight is 256 g/mol. The van der Waals surface area contributed by atoms with Crippen molar-refractivity contribution in [2.45, 2.75) is 0 Å². The van der Waals surface area contributed by atoms with E-state index in [4.69, 9.17) is 10.5 Å². The lowest BCUT2D eigenvalue weighted by atomic mass is 10.2. The molecule has 0 spiro atoms. The summed E-state index contributed by atoms with van der Waals surface area (Å²) in [5.41, 5.74) is 7.07. The first-order valence-corrected chi connectivity index (χ1v) is 5.97. The second kappa shape index (κ2) is 5.91. The summed E-state index contributed by atoms with van der Waals surface area (Å²) in [4.78, 5) is 13.5. The Morgan fingerprint density at radius 3 is 2.37 bits per heavy atom. The SMILES string of the molecule is CN(C(=O)COc1ccccc1)c1ccc(N)cc1. The van der Waals surface area contributed by atoms with Gasteiger partial charge in [-0.05, 0) is 36.4 Å². The van der Waals surface area contributed by atoms with Crippen LogP contribution in [0.1, 0.15) is 0 Å². The first-order valence-electron chi connectivity index (χ1n) is 5.97. The maximum atomic E-state index is 12.0. The van der Waals surface area contributed by atoms with Crippen molar-refractivity contribution in [3.05, 3.63) is 54.6 Å². The molecule has 0 fully saturated rings. The van der Waals surface area contributed by atoms with E-state index in [1.54, 1.807) is 36.2 Å². The minimum atomic E-state index is -0.117. The van der Waals surface area contributed by atoms with E-state index in [0.29, 0.717) is 11.4 Å². The second-order valence-corrected chi connectivity index (χ2v) is 4.15. The summed E-state index contributed by atoms with van der Waals surface area (Å²) in [6, 6.07) is 16.4. The number of para-hydroxylation sites is 1. The van der Waals surface area contributed by atoms with E-state index in [1.165, 1.54) is 0 Å². The molecule has 2 aromatic rings. The van der Waals surface area contributed by atoms with Gasteiger partial charge in [0.25, 0.3) is 5.91 Å². The summed E-state index contributed by atoms with van der Waals surface area (Å²) >= 11 is 0. The van der Waals surface area contributed by atoms with Gasteiger partial charge in [0.2, 0.25) is 0 Å². The average Bonchev–Trinajstić information content (AvgIpc) is 2.46. The number of amides is 1. The standard InChI is InChI=1S/C15H16N2O2/c1-17(13-9-7-12(16)8-10-13)15(18)11-19-14-5-3-2-4-6-14/h2-10H,11,16H2,1H3. The Morgan fingerprint density at radius 2 is 1.74 bits per heavy atom. The molecule has 0 heterocycles. The zero-order valence-electron chi connectivity index (χ0n) is 10.7. The van der Waals surface area contributed by atoms with Crippen molar-refractivity contribution < 1.29 is 9.53 Å². The number of carbonyl (C=O) groups excluding carboxylic acids is 1. The van der Waals surface area contributed by atoms with Crippen LogP contribution in [0.3, 0.4) is 0 Å². The summed E-state index contributed by atoms with van der Waals surface area (Å²) in [6.07, 6.45) is 0. The summed E-state index contributed by atoms with van der Waals surface area (Å²) < 4.78 is 5.42. The fourth-order valence-electron chi connectivity index (χ4n) is 1.60. The van der Waals surface area contributed by atoms with Gasteiger partial charge in [-0.15, -0.1) is 0 Å². The zero-order valence-corrected chi connectivity index (χ0v) is 10.7. The van der Waals surface area contributed by atoms with Crippen LogP contribution < -0.4 is 15.4 Å². The quantitative estimate of drug-likeness (QED) is 0.854. The van der Waals surface area contributed by atoms with Crippen LogP contribution in [-0.2, 0) is 4.79 Å². The van der Waals surface area contributed by atoms with E-state index in [-0.39, 0.29) is 12.5 Å². The highest BCUT2D eigenvalue weighted by Crippen LogP contribution is 2.15. The molecule has 0 bridgehead atoms. The van der Waals surface area contributed by atoms with Crippen LogP contribution in [0, 0.1) is 0 Å². The number of nitrogen functional groups attached to an aromatic ring is 1. The number of rotatable bonds is 4. The lowest BCUT2D eigenvalue weighted by Crippen LogP contribution is -2.31. The van der Waals surface area contributed by atoms with Crippen LogP contribution in [0.25, 0.3) is 0 Å². The molecule has 0 saturated heterocycles. The Kier molecular flexibility index (Phi) is 4.03. The van der Waals surface area contributed by atoms with Gasteiger partial charge in [-0.3, -0.25) is 4.79 Å². The maximum absolute atomic E-state index is 12.0. The fourth-order valence-corrected chi connectivity index (χ4v) is 1.60. The Labute approximate surface area is 112 Å². The molecule has 0 aliphatic rings. The van der Waals surface area contributed by atoms with E-state index in [0.717, 1.165) is 5.69 Å². The Morgan fingerprint density at radius 1 is 1.11 bits per heavy atom. The van der Waals surface area contributed by atoms with Gasteiger partial charge < -0.3 is 15.4 Å². The molecule has 2 N–H and O–H groups in total. The zero-order chi connectivity index (χ0) is 13.7. The molecule has 0 unspecified atom stereocenters. The molecule has 0 aliphatic carbocycles. The highest BCUT2D eigenvalue weighted by molar-refractivity contribution is 5.94. The monoisotopic (exact) mass is 256 g/mol. The van der Waals surface area contributed by atoms with Gasteiger partial charge in [0, 0.05) is 18.4 Å². The summed E-state index contributed by atoms with van der Waals surface area (Å²) in [7, 11) is 1.71. The van der Waals surface area contributed by atoms with Gasteiger partial charge in [0.1, 0.15) is 5.75 Å². The van der Waals surface area contributed by atoms with Crippen molar-refractivity contribution in [3.63, 3.8) is 0 Å². The minimum absolute atomic E-state index is 0.00485. The molecule has 0 saturated carbocycles. The molecule has 0 radical (unpaired) electrons. The first-order chi connectivity index (χ1) is 9.16. The third-order valence-electron chi connectivity index (χ3n) is 2.76. The van der Waals surface area contributed by atoms with Crippen LogP contribution >= 0.6 is 0 Å². The number of hydrogen-bond acceptors (Lipinski definition) is 3. The molecule has 0 aliphatic heterocycles. The predicted molar refractivity (Wildman–Crippen MR) is 76.2 cm³/mol. The third kappa shape index (κ3) is 3.48. The highest BCUT2D eigenvalue weighted by Gasteiger charge is 2.11. The number of ether oxygens (including phenoxy) is 1. The van der Waals surface area contributed by atoms with E-state index < -0.39 is 0 Å². The molecule has 0 atom stereocenters.